The van der Waals surface area contributed by atoms with Crippen molar-refractivity contribution in [1.29, 1.82) is 0 Å². The number of thiazole rings is 1. The molecule has 0 radical (unpaired) electrons. The smallest absolute Gasteiger partial charge is 0.259 e. The van der Waals surface area contributed by atoms with Crippen LogP contribution in [0.3, 0.4) is 0 Å². The van der Waals surface area contributed by atoms with Crippen molar-refractivity contribution in [2.75, 3.05) is 13.1 Å². The second-order valence-electron chi connectivity index (χ2n) is 4.53. The number of aliphatic hydroxyl groups is 1. The van der Waals surface area contributed by atoms with Crippen molar-refractivity contribution in [2.45, 2.75) is 25.4 Å². The van der Waals surface area contributed by atoms with Gasteiger partial charge in [-0.3, -0.25) is 0 Å². The first kappa shape index (κ1) is 11.8. The van der Waals surface area contributed by atoms with Crippen molar-refractivity contribution in [3.05, 3.63) is 27.8 Å². The van der Waals surface area contributed by atoms with Crippen LogP contribution in [0.1, 0.15) is 28.8 Å². The zero-order valence-electron chi connectivity index (χ0n) is 10.0. The molecule has 1 fully saturated rings. The fourth-order valence-corrected chi connectivity index (χ4v) is 2.76. The highest BCUT2D eigenvalue weighted by Gasteiger charge is 2.38. The van der Waals surface area contributed by atoms with Crippen molar-refractivity contribution >= 4 is 11.3 Å². The van der Waals surface area contributed by atoms with Crippen molar-refractivity contribution < 1.29 is 9.63 Å². The molecular weight excluding hydrogens is 252 g/mol. The molecule has 0 aliphatic carbocycles. The number of nitrogens with zero attached hydrogens (tertiary/aromatic N) is 3. The van der Waals surface area contributed by atoms with Crippen molar-refractivity contribution in [3.63, 3.8) is 0 Å². The lowest BCUT2D eigenvalue weighted by Crippen LogP contribution is -2.28. The third-order valence-corrected chi connectivity index (χ3v) is 3.94. The van der Waals surface area contributed by atoms with Gasteiger partial charge in [-0.25, -0.2) is 4.98 Å². The molecule has 3 heterocycles. The summed E-state index contributed by atoms with van der Waals surface area (Å²) in [5.74, 6) is 0.871. The second kappa shape index (κ2) is 4.42. The van der Waals surface area contributed by atoms with Crippen molar-refractivity contribution in [2.24, 2.45) is 0 Å². The number of rotatable bonds is 3. The molecule has 2 aromatic rings. The lowest BCUT2D eigenvalue weighted by atomic mass is 10.0. The van der Waals surface area contributed by atoms with Gasteiger partial charge in [-0.1, -0.05) is 5.16 Å². The zero-order chi connectivity index (χ0) is 12.6. The number of aryl methyl sites for hydroxylation is 1. The predicted molar refractivity (Wildman–Crippen MR) is 65.3 cm³/mol. The second-order valence-corrected chi connectivity index (χ2v) is 5.48. The summed E-state index contributed by atoms with van der Waals surface area (Å²) in [4.78, 5) is 8.62. The molecule has 96 valence electrons. The van der Waals surface area contributed by atoms with Crippen LogP contribution in [0, 0.1) is 6.92 Å². The summed E-state index contributed by atoms with van der Waals surface area (Å²) in [5, 5.41) is 20.2. The fraction of sp³-hybridized carbons (Fsp3) is 0.545. The lowest BCUT2D eigenvalue weighted by molar-refractivity contribution is 0.0243. The zero-order valence-corrected chi connectivity index (χ0v) is 10.8. The molecule has 0 bridgehead atoms. The van der Waals surface area contributed by atoms with E-state index in [-0.39, 0.29) is 0 Å². The largest absolute Gasteiger partial charge is 0.379 e. The monoisotopic (exact) mass is 266 g/mol. The Morgan fingerprint density at radius 3 is 3.11 bits per heavy atom. The van der Waals surface area contributed by atoms with Crippen LogP contribution in [0.25, 0.3) is 0 Å². The molecule has 2 aromatic heterocycles. The molecule has 3 rings (SSSR count). The van der Waals surface area contributed by atoms with Gasteiger partial charge in [0.15, 0.2) is 11.4 Å². The fourth-order valence-electron chi connectivity index (χ4n) is 2.00. The average molecular weight is 266 g/mol. The van der Waals surface area contributed by atoms with E-state index in [0.29, 0.717) is 31.1 Å². The van der Waals surface area contributed by atoms with E-state index < -0.39 is 5.60 Å². The number of nitrogens with one attached hydrogen (secondary N) is 1. The molecule has 2 N–H and O–H groups in total. The van der Waals surface area contributed by atoms with Crippen LogP contribution in [-0.2, 0) is 12.0 Å². The molecule has 1 aliphatic heterocycles. The van der Waals surface area contributed by atoms with Gasteiger partial charge in [-0.15, -0.1) is 11.3 Å². The van der Waals surface area contributed by atoms with Crippen LogP contribution in [-0.4, -0.2) is 33.3 Å². The molecule has 1 saturated heterocycles. The van der Waals surface area contributed by atoms with E-state index >= 15 is 0 Å². The maximum atomic E-state index is 10.3. The van der Waals surface area contributed by atoms with Gasteiger partial charge in [-0.05, 0) is 19.9 Å². The molecule has 1 aliphatic rings. The Kier molecular flexibility index (Phi) is 2.89. The van der Waals surface area contributed by atoms with Gasteiger partial charge >= 0.3 is 0 Å². The van der Waals surface area contributed by atoms with Gasteiger partial charge in [0.05, 0.1) is 6.42 Å². The van der Waals surface area contributed by atoms with Crippen LogP contribution in [0.4, 0.5) is 0 Å². The van der Waals surface area contributed by atoms with Crippen LogP contribution >= 0.6 is 11.3 Å². The summed E-state index contributed by atoms with van der Waals surface area (Å²) >= 11 is 1.58. The first-order chi connectivity index (χ1) is 8.66. The lowest BCUT2D eigenvalue weighted by Gasteiger charge is -2.14. The number of β-amino-alcohol motifs (C(OH)–C–C–N with tert-alkyl or cyclic N) is 1. The van der Waals surface area contributed by atoms with Crippen LogP contribution < -0.4 is 5.32 Å². The van der Waals surface area contributed by atoms with E-state index in [1.54, 1.807) is 11.3 Å². The normalized spacial score (nSPS) is 23.7. The summed E-state index contributed by atoms with van der Waals surface area (Å²) < 4.78 is 5.16. The highest BCUT2D eigenvalue weighted by Crippen LogP contribution is 2.26. The predicted octanol–water partition coefficient (Wildman–Crippen LogP) is 0.606. The van der Waals surface area contributed by atoms with E-state index in [9.17, 15) is 5.11 Å². The SMILES string of the molecule is Cc1csc(Cc2noc(C3(O)CCNC3)n2)n1. The number of aromatic nitrogens is 3. The first-order valence-corrected chi connectivity index (χ1v) is 6.71. The maximum absolute atomic E-state index is 10.3. The van der Waals surface area contributed by atoms with E-state index in [1.807, 2.05) is 12.3 Å². The Bertz CT molecular complexity index is 545. The maximum Gasteiger partial charge on any atom is 0.259 e. The minimum absolute atomic E-state index is 0.302. The highest BCUT2D eigenvalue weighted by molar-refractivity contribution is 7.09. The number of hydrogen-bond acceptors (Lipinski definition) is 7. The van der Waals surface area contributed by atoms with Crippen LogP contribution in [0.5, 0.6) is 0 Å². The Morgan fingerprint density at radius 2 is 2.44 bits per heavy atom. The molecule has 18 heavy (non-hydrogen) atoms. The highest BCUT2D eigenvalue weighted by atomic mass is 32.1. The molecule has 7 heteroatoms. The molecule has 0 aromatic carbocycles. The summed E-state index contributed by atoms with van der Waals surface area (Å²) in [7, 11) is 0. The topological polar surface area (TPSA) is 84.1 Å². The summed E-state index contributed by atoms with van der Waals surface area (Å²) in [5.41, 5.74) is -0.0123. The Balaban J connectivity index is 1.77. The number of hydrogen-bond donors (Lipinski definition) is 2. The average Bonchev–Trinajstić information content (AvgIpc) is 3.02. The van der Waals surface area contributed by atoms with Gasteiger partial charge in [0, 0.05) is 17.6 Å². The Hall–Kier alpha value is -1.31. The summed E-state index contributed by atoms with van der Waals surface area (Å²) in [6, 6.07) is 0. The minimum atomic E-state index is -1.01. The van der Waals surface area contributed by atoms with Gasteiger partial charge < -0.3 is 14.9 Å². The van der Waals surface area contributed by atoms with Crippen LogP contribution in [0.2, 0.25) is 0 Å². The van der Waals surface area contributed by atoms with Gasteiger partial charge in [0.2, 0.25) is 0 Å². The quantitative estimate of drug-likeness (QED) is 0.846. The third kappa shape index (κ3) is 2.16. The van der Waals surface area contributed by atoms with E-state index in [4.69, 9.17) is 4.52 Å². The molecule has 0 spiro atoms. The molecule has 0 amide bonds. The summed E-state index contributed by atoms with van der Waals surface area (Å²) in [6.45, 7) is 3.18. The van der Waals surface area contributed by atoms with E-state index in [0.717, 1.165) is 17.2 Å². The van der Waals surface area contributed by atoms with Gasteiger partial charge in [0.1, 0.15) is 5.01 Å². The Labute approximate surface area is 108 Å². The van der Waals surface area contributed by atoms with Crippen LogP contribution in [0.15, 0.2) is 9.90 Å². The van der Waals surface area contributed by atoms with E-state index in [2.05, 4.69) is 20.4 Å². The molecular formula is C11H14N4O2S. The van der Waals surface area contributed by atoms with E-state index in [1.165, 1.54) is 0 Å². The van der Waals surface area contributed by atoms with Crippen molar-refractivity contribution in [3.8, 4) is 0 Å². The standard InChI is InChI=1S/C11H14N4O2S/c1-7-5-18-9(13-7)4-8-14-10(17-15-8)11(16)2-3-12-6-11/h5,12,16H,2-4,6H2,1H3. The Morgan fingerprint density at radius 1 is 1.56 bits per heavy atom. The minimum Gasteiger partial charge on any atom is -0.379 e. The van der Waals surface area contributed by atoms with Gasteiger partial charge in [-0.2, -0.15) is 4.98 Å². The first-order valence-electron chi connectivity index (χ1n) is 5.83. The molecule has 1 unspecified atom stereocenters. The van der Waals surface area contributed by atoms with Crippen molar-refractivity contribution in [1.82, 2.24) is 20.4 Å². The molecule has 1 atom stereocenters. The summed E-state index contributed by atoms with van der Waals surface area (Å²) in [6.07, 6.45) is 1.15. The molecule has 0 saturated carbocycles. The third-order valence-electron chi connectivity index (χ3n) is 2.97. The van der Waals surface area contributed by atoms with Gasteiger partial charge in [0.25, 0.3) is 5.89 Å². The molecule has 6 nitrogen and oxygen atoms in total.